The average Bonchev–Trinajstić information content (AvgIpc) is 3.77. The van der Waals surface area contributed by atoms with E-state index in [4.69, 9.17) is 9.97 Å². The lowest BCUT2D eigenvalue weighted by atomic mass is 9.81. The van der Waals surface area contributed by atoms with E-state index >= 15 is 0 Å². The average molecular weight is 757 g/mol. The maximum atomic E-state index is 5.30. The van der Waals surface area contributed by atoms with Crippen molar-refractivity contribution in [3.05, 3.63) is 193 Å². The van der Waals surface area contributed by atoms with Gasteiger partial charge >= 0.3 is 0 Å². The van der Waals surface area contributed by atoms with Crippen LogP contribution in [0.1, 0.15) is 25.0 Å². The molecule has 272 valence electrons. The first-order chi connectivity index (χ1) is 28.5. The molecule has 0 unspecified atom stereocenters. The summed E-state index contributed by atoms with van der Waals surface area (Å²) in [5, 5.41) is 7.36. The number of benzene rings is 9. The number of rotatable bonds is 4. The highest BCUT2D eigenvalue weighted by Gasteiger charge is 2.36. The van der Waals surface area contributed by atoms with E-state index < -0.39 is 0 Å². The van der Waals surface area contributed by atoms with Crippen LogP contribution in [0.3, 0.4) is 0 Å². The SMILES string of the molecule is CC1(C)c2cc(-c3ccc(-c4ccc(-c5ccc6sc7ccccc7c6c5)cc4)cc3)ccc2-c2ccc(-c3cnc4c5ccccc5c5ccccc5c4n3)cc21. The summed E-state index contributed by atoms with van der Waals surface area (Å²) in [7, 11) is 0. The van der Waals surface area contributed by atoms with E-state index in [0.29, 0.717) is 0 Å². The van der Waals surface area contributed by atoms with Gasteiger partial charge in [0.05, 0.1) is 22.9 Å². The minimum atomic E-state index is -0.174. The van der Waals surface area contributed by atoms with Gasteiger partial charge in [-0.15, -0.1) is 11.3 Å². The Labute approximate surface area is 340 Å². The normalized spacial score (nSPS) is 13.1. The summed E-state index contributed by atoms with van der Waals surface area (Å²) in [4.78, 5) is 10.3. The van der Waals surface area contributed by atoms with Crippen molar-refractivity contribution in [3.63, 3.8) is 0 Å². The van der Waals surface area contributed by atoms with Crippen molar-refractivity contribution in [3.8, 4) is 55.8 Å². The van der Waals surface area contributed by atoms with Gasteiger partial charge in [-0.2, -0.15) is 0 Å². The van der Waals surface area contributed by atoms with Crippen molar-refractivity contribution < 1.29 is 0 Å². The van der Waals surface area contributed by atoms with Crippen molar-refractivity contribution in [1.82, 2.24) is 9.97 Å². The molecule has 0 bridgehead atoms. The minimum Gasteiger partial charge on any atom is -0.252 e. The van der Waals surface area contributed by atoms with Gasteiger partial charge in [-0.05, 0) is 96.7 Å². The molecule has 1 aliphatic carbocycles. The van der Waals surface area contributed by atoms with Gasteiger partial charge in [-0.25, -0.2) is 4.98 Å². The van der Waals surface area contributed by atoms with E-state index in [2.05, 4.69) is 190 Å². The molecular formula is C55H36N2S. The first kappa shape index (κ1) is 33.2. The second-order valence-electron chi connectivity index (χ2n) is 16.2. The lowest BCUT2D eigenvalue weighted by Gasteiger charge is -2.22. The Bertz CT molecular complexity index is 3430. The van der Waals surface area contributed by atoms with E-state index in [9.17, 15) is 0 Å². The van der Waals surface area contributed by atoms with Gasteiger partial charge in [-0.1, -0.05) is 159 Å². The number of fused-ring (bicyclic) bond motifs is 12. The van der Waals surface area contributed by atoms with Gasteiger partial charge in [0.15, 0.2) is 0 Å². The molecule has 0 saturated carbocycles. The number of thiophene rings is 1. The minimum absolute atomic E-state index is 0.174. The Morgan fingerprint density at radius 1 is 0.379 bits per heavy atom. The van der Waals surface area contributed by atoms with Crippen LogP contribution in [0.2, 0.25) is 0 Å². The second-order valence-corrected chi connectivity index (χ2v) is 17.2. The summed E-state index contributed by atoms with van der Waals surface area (Å²) in [6.07, 6.45) is 1.95. The maximum Gasteiger partial charge on any atom is 0.0979 e. The van der Waals surface area contributed by atoms with Gasteiger partial charge in [0.2, 0.25) is 0 Å². The van der Waals surface area contributed by atoms with E-state index in [1.165, 1.54) is 86.6 Å². The van der Waals surface area contributed by atoms with Crippen LogP contribution in [0.5, 0.6) is 0 Å². The lowest BCUT2D eigenvalue weighted by molar-refractivity contribution is 0.661. The van der Waals surface area contributed by atoms with E-state index in [1.807, 2.05) is 17.5 Å². The van der Waals surface area contributed by atoms with Crippen molar-refractivity contribution in [1.29, 1.82) is 0 Å². The van der Waals surface area contributed by atoms with Crippen molar-refractivity contribution in [2.24, 2.45) is 0 Å². The van der Waals surface area contributed by atoms with Gasteiger partial charge in [0.25, 0.3) is 0 Å². The zero-order valence-corrected chi connectivity index (χ0v) is 32.9. The van der Waals surface area contributed by atoms with Gasteiger partial charge in [-0.3, -0.25) is 4.98 Å². The highest BCUT2D eigenvalue weighted by molar-refractivity contribution is 7.25. The topological polar surface area (TPSA) is 25.8 Å². The van der Waals surface area contributed by atoms with Crippen molar-refractivity contribution in [2.75, 3.05) is 0 Å². The standard InChI is InChI=1S/C55H36N2S/c1-55(2)48-30-38(36-21-17-34(18-22-36)33-15-19-35(20-16-33)37-25-28-52-47(29-37)44-11-7-8-14-51(44)58-52)23-26-42(48)43-27-24-39(31-49(43)55)50-32-56-53-45-12-5-3-9-40(45)41-10-4-6-13-46(41)54(53)57-50/h3-32H,1-2H3. The van der Waals surface area contributed by atoms with Crippen LogP contribution in [0, 0.1) is 0 Å². The predicted octanol–water partition coefficient (Wildman–Crippen LogP) is 15.3. The molecule has 12 rings (SSSR count). The van der Waals surface area contributed by atoms with Crippen LogP contribution in [-0.4, -0.2) is 9.97 Å². The van der Waals surface area contributed by atoms with Crippen molar-refractivity contribution >= 4 is 64.1 Å². The molecule has 3 heteroatoms. The molecule has 0 fully saturated rings. The largest absolute Gasteiger partial charge is 0.252 e. The van der Waals surface area contributed by atoms with Gasteiger partial charge < -0.3 is 0 Å². The molecule has 0 saturated heterocycles. The zero-order valence-electron chi connectivity index (χ0n) is 32.1. The Kier molecular flexibility index (Phi) is 7.18. The number of hydrogen-bond donors (Lipinski definition) is 0. The molecule has 0 amide bonds. The van der Waals surface area contributed by atoms with Crippen LogP contribution in [-0.2, 0) is 5.41 Å². The molecule has 0 N–H and O–H groups in total. The van der Waals surface area contributed by atoms with Crippen LogP contribution in [0.25, 0.3) is 109 Å². The van der Waals surface area contributed by atoms with Gasteiger partial charge in [0.1, 0.15) is 0 Å². The fourth-order valence-electron chi connectivity index (χ4n) is 9.45. The number of aromatic nitrogens is 2. The summed E-state index contributed by atoms with van der Waals surface area (Å²) in [5.74, 6) is 0. The van der Waals surface area contributed by atoms with Gasteiger partial charge in [0, 0.05) is 41.9 Å². The van der Waals surface area contributed by atoms with Crippen LogP contribution in [0.4, 0.5) is 0 Å². The highest BCUT2D eigenvalue weighted by atomic mass is 32.1. The smallest absolute Gasteiger partial charge is 0.0979 e. The first-order valence-corrected chi connectivity index (χ1v) is 20.8. The molecule has 0 spiro atoms. The van der Waals surface area contributed by atoms with Crippen LogP contribution >= 0.6 is 11.3 Å². The molecule has 0 atom stereocenters. The van der Waals surface area contributed by atoms with E-state index in [0.717, 1.165) is 33.1 Å². The van der Waals surface area contributed by atoms with E-state index in [-0.39, 0.29) is 5.41 Å². The lowest BCUT2D eigenvalue weighted by Crippen LogP contribution is -2.15. The quantitative estimate of drug-likeness (QED) is 0.167. The first-order valence-electron chi connectivity index (χ1n) is 20.0. The Hall–Kier alpha value is -6.94. The fraction of sp³-hybridized carbons (Fsp3) is 0.0545. The fourth-order valence-corrected chi connectivity index (χ4v) is 10.5. The molecule has 2 aromatic heterocycles. The Balaban J connectivity index is 0.835. The molecule has 0 radical (unpaired) electrons. The Morgan fingerprint density at radius 2 is 0.828 bits per heavy atom. The Morgan fingerprint density at radius 3 is 1.47 bits per heavy atom. The van der Waals surface area contributed by atoms with Crippen LogP contribution < -0.4 is 0 Å². The third kappa shape index (κ3) is 5.03. The molecule has 11 aromatic rings. The highest BCUT2D eigenvalue weighted by Crippen LogP contribution is 2.51. The summed E-state index contributed by atoms with van der Waals surface area (Å²) in [5.41, 5.74) is 16.4. The number of nitrogens with zero attached hydrogens (tertiary/aromatic N) is 2. The molecule has 9 aromatic carbocycles. The monoisotopic (exact) mass is 756 g/mol. The molecule has 0 aliphatic heterocycles. The summed E-state index contributed by atoms with van der Waals surface area (Å²) in [6.45, 7) is 4.70. The third-order valence-corrected chi connectivity index (χ3v) is 13.7. The molecule has 2 heterocycles. The summed E-state index contributed by atoms with van der Waals surface area (Å²) < 4.78 is 2.68. The summed E-state index contributed by atoms with van der Waals surface area (Å²) >= 11 is 1.86. The molecule has 1 aliphatic rings. The van der Waals surface area contributed by atoms with Crippen LogP contribution in [0.15, 0.2) is 182 Å². The summed E-state index contributed by atoms with van der Waals surface area (Å²) in [6, 6.07) is 64.5. The van der Waals surface area contributed by atoms with Crippen molar-refractivity contribution in [2.45, 2.75) is 19.3 Å². The molecule has 58 heavy (non-hydrogen) atoms. The number of hydrogen-bond acceptors (Lipinski definition) is 3. The predicted molar refractivity (Wildman–Crippen MR) is 247 cm³/mol. The zero-order chi connectivity index (χ0) is 38.5. The van der Waals surface area contributed by atoms with E-state index in [1.54, 1.807) is 0 Å². The maximum absolute atomic E-state index is 5.30. The molecule has 2 nitrogen and oxygen atoms in total. The second kappa shape index (κ2) is 12.5. The molecular weight excluding hydrogens is 721 g/mol. The third-order valence-electron chi connectivity index (χ3n) is 12.5.